The quantitative estimate of drug-likeness (QED) is 0.610. The van der Waals surface area contributed by atoms with Gasteiger partial charge in [0.2, 0.25) is 0 Å². The third-order valence-electron chi connectivity index (χ3n) is 3.09. The van der Waals surface area contributed by atoms with Gasteiger partial charge in [-0.15, -0.1) is 0 Å². The third-order valence-corrected chi connectivity index (χ3v) is 3.09. The van der Waals surface area contributed by atoms with E-state index in [-0.39, 0.29) is 11.2 Å². The molecule has 1 aliphatic carbocycles. The van der Waals surface area contributed by atoms with Gasteiger partial charge in [0.25, 0.3) is 0 Å². The number of hydrogen-bond donors (Lipinski definition) is 0. The molecule has 0 amide bonds. The largest absolute Gasteiger partial charge is 0.197 e. The zero-order valence-corrected chi connectivity index (χ0v) is 8.11. The normalized spacial score (nSPS) is 31.2. The summed E-state index contributed by atoms with van der Waals surface area (Å²) in [4.78, 5) is 0. The molecule has 2 radical (unpaired) electrons. The van der Waals surface area contributed by atoms with Crippen molar-refractivity contribution in [3.63, 3.8) is 0 Å². The highest BCUT2D eigenvalue weighted by atomic mass is 14.4. The minimum Gasteiger partial charge on any atom is -0.197 e. The number of nitrogens with zero attached hydrogens (tertiary/aromatic N) is 1. The van der Waals surface area contributed by atoms with Gasteiger partial charge in [-0.25, -0.2) is 0 Å². The van der Waals surface area contributed by atoms with E-state index in [0.717, 1.165) is 24.8 Å². The summed E-state index contributed by atoms with van der Waals surface area (Å²) in [5.41, 5.74) is 0.802. The zero-order chi connectivity index (χ0) is 10.0. The monoisotopic (exact) mass is 181 g/mol. The summed E-state index contributed by atoms with van der Waals surface area (Å²) >= 11 is 0. The van der Waals surface area contributed by atoms with Crippen LogP contribution in [0.2, 0.25) is 5.82 Å². The lowest BCUT2D eigenvalue weighted by Gasteiger charge is -2.21. The van der Waals surface area contributed by atoms with E-state index in [1.165, 1.54) is 0 Å². The van der Waals surface area contributed by atoms with Gasteiger partial charge in [0, 0.05) is 0 Å². The first kappa shape index (κ1) is 9.33. The van der Waals surface area contributed by atoms with E-state index in [0.29, 0.717) is 0 Å². The van der Waals surface area contributed by atoms with Crippen LogP contribution in [-0.2, 0) is 5.41 Å². The Morgan fingerprint density at radius 1 is 1.36 bits per heavy atom. The minimum absolute atomic E-state index is 0.190. The summed E-state index contributed by atoms with van der Waals surface area (Å²) in [5.74, 6) is 0.190. The second kappa shape index (κ2) is 3.50. The van der Waals surface area contributed by atoms with Gasteiger partial charge in [0.05, 0.1) is 19.3 Å². The smallest absolute Gasteiger partial charge is 0.0817 e. The fourth-order valence-electron chi connectivity index (χ4n) is 2.27. The van der Waals surface area contributed by atoms with E-state index >= 15 is 0 Å². The number of hydrogen-bond acceptors (Lipinski definition) is 1. The van der Waals surface area contributed by atoms with Gasteiger partial charge in [-0.05, 0) is 18.4 Å². The van der Waals surface area contributed by atoms with Crippen molar-refractivity contribution in [1.29, 1.82) is 5.26 Å². The maximum absolute atomic E-state index is 9.28. The maximum atomic E-state index is 9.28. The Kier molecular flexibility index (Phi) is 2.33. The molecule has 2 unspecified atom stereocenters. The van der Waals surface area contributed by atoms with Crippen LogP contribution < -0.4 is 0 Å². The zero-order valence-electron chi connectivity index (χ0n) is 8.11. The van der Waals surface area contributed by atoms with Gasteiger partial charge in [-0.1, -0.05) is 42.6 Å². The average molecular weight is 181 g/mol. The lowest BCUT2D eigenvalue weighted by molar-refractivity contribution is 0.573. The fourth-order valence-corrected chi connectivity index (χ4v) is 2.27. The summed E-state index contributed by atoms with van der Waals surface area (Å²) < 4.78 is 0. The van der Waals surface area contributed by atoms with Crippen LogP contribution in [-0.4, -0.2) is 7.85 Å². The minimum atomic E-state index is -0.319. The second-order valence-electron chi connectivity index (χ2n) is 4.06. The first-order chi connectivity index (χ1) is 6.77. The van der Waals surface area contributed by atoms with Gasteiger partial charge >= 0.3 is 0 Å². The average Bonchev–Trinajstić information content (AvgIpc) is 2.63. The number of nitriles is 1. The highest BCUT2D eigenvalue weighted by Crippen LogP contribution is 2.45. The highest BCUT2D eigenvalue weighted by Gasteiger charge is 2.38. The van der Waals surface area contributed by atoms with E-state index in [1.807, 2.05) is 30.3 Å². The molecule has 2 heteroatoms. The van der Waals surface area contributed by atoms with Crippen molar-refractivity contribution in [2.45, 2.75) is 30.5 Å². The Labute approximate surface area is 86.2 Å². The fraction of sp³-hybridized carbons (Fsp3) is 0.417. The Hall–Kier alpha value is -1.23. The van der Waals surface area contributed by atoms with E-state index in [9.17, 15) is 5.26 Å². The molecule has 1 saturated carbocycles. The molecular weight excluding hydrogens is 169 g/mol. The van der Waals surface area contributed by atoms with Crippen LogP contribution in [0.5, 0.6) is 0 Å². The molecule has 0 aromatic heterocycles. The van der Waals surface area contributed by atoms with Crippen LogP contribution in [0.1, 0.15) is 24.8 Å². The van der Waals surface area contributed by atoms with Crippen molar-refractivity contribution in [3.05, 3.63) is 35.9 Å². The van der Waals surface area contributed by atoms with Crippen molar-refractivity contribution in [2.75, 3.05) is 0 Å². The van der Waals surface area contributed by atoms with Crippen molar-refractivity contribution >= 4 is 7.85 Å². The molecule has 0 aliphatic heterocycles. The first-order valence-electron chi connectivity index (χ1n) is 4.99. The van der Waals surface area contributed by atoms with Crippen LogP contribution >= 0.6 is 0 Å². The predicted octanol–water partition coefficient (Wildman–Crippen LogP) is 2.59. The van der Waals surface area contributed by atoms with Crippen LogP contribution in [0.15, 0.2) is 30.3 Å². The molecule has 1 aliphatic rings. The lowest BCUT2D eigenvalue weighted by Crippen LogP contribution is -2.19. The first-order valence-corrected chi connectivity index (χ1v) is 4.99. The van der Waals surface area contributed by atoms with Crippen molar-refractivity contribution < 1.29 is 0 Å². The summed E-state index contributed by atoms with van der Waals surface area (Å²) in [6.07, 6.45) is 2.66. The molecule has 0 heterocycles. The number of benzene rings is 1. The van der Waals surface area contributed by atoms with Crippen LogP contribution in [0.25, 0.3) is 0 Å². The van der Waals surface area contributed by atoms with Crippen molar-refractivity contribution in [1.82, 2.24) is 0 Å². The van der Waals surface area contributed by atoms with Crippen molar-refractivity contribution in [2.24, 2.45) is 0 Å². The molecule has 1 aromatic rings. The number of rotatable bonds is 1. The topological polar surface area (TPSA) is 23.8 Å². The molecule has 0 N–H and O–H groups in total. The van der Waals surface area contributed by atoms with Gasteiger partial charge in [0.15, 0.2) is 0 Å². The second-order valence-corrected chi connectivity index (χ2v) is 4.06. The van der Waals surface area contributed by atoms with E-state index in [4.69, 9.17) is 7.85 Å². The molecule has 1 aromatic carbocycles. The van der Waals surface area contributed by atoms with E-state index < -0.39 is 0 Å². The summed E-state index contributed by atoms with van der Waals surface area (Å²) in [7, 11) is 5.87. The van der Waals surface area contributed by atoms with E-state index in [1.54, 1.807) is 0 Å². The molecule has 0 bridgehead atoms. The van der Waals surface area contributed by atoms with Crippen LogP contribution in [0, 0.1) is 11.3 Å². The Morgan fingerprint density at radius 3 is 2.57 bits per heavy atom. The molecule has 14 heavy (non-hydrogen) atoms. The van der Waals surface area contributed by atoms with Gasteiger partial charge in [-0.3, -0.25) is 0 Å². The Bertz CT molecular complexity index is 354. The molecule has 2 atom stereocenters. The summed E-state index contributed by atoms with van der Waals surface area (Å²) in [6.45, 7) is 0. The van der Waals surface area contributed by atoms with Gasteiger partial charge in [-0.2, -0.15) is 5.26 Å². The summed E-state index contributed by atoms with van der Waals surface area (Å²) in [6, 6.07) is 12.4. The SMILES string of the molecule is [B]C1CCC(C#N)(c2ccccc2)C1. The van der Waals surface area contributed by atoms with Gasteiger partial charge in [0.1, 0.15) is 0 Å². The molecule has 0 saturated heterocycles. The molecular formula is C12H12BN. The predicted molar refractivity (Wildman–Crippen MR) is 57.1 cm³/mol. The van der Waals surface area contributed by atoms with Crippen LogP contribution in [0.3, 0.4) is 0 Å². The highest BCUT2D eigenvalue weighted by molar-refractivity contribution is 6.11. The maximum Gasteiger partial charge on any atom is 0.0817 e. The lowest BCUT2D eigenvalue weighted by atomic mass is 9.76. The summed E-state index contributed by atoms with van der Waals surface area (Å²) in [5, 5.41) is 9.28. The third kappa shape index (κ3) is 1.44. The molecule has 1 nitrogen and oxygen atoms in total. The van der Waals surface area contributed by atoms with E-state index in [2.05, 4.69) is 6.07 Å². The Balaban J connectivity index is 2.36. The molecule has 2 rings (SSSR count). The van der Waals surface area contributed by atoms with Crippen LogP contribution in [0.4, 0.5) is 0 Å². The standard InChI is InChI=1S/C12H12BN/c13-11-6-7-12(8-11,9-14)10-4-2-1-3-5-10/h1-5,11H,6-8H2. The molecule has 68 valence electrons. The molecule has 0 spiro atoms. The van der Waals surface area contributed by atoms with Crippen molar-refractivity contribution in [3.8, 4) is 6.07 Å². The Morgan fingerprint density at radius 2 is 2.07 bits per heavy atom. The van der Waals surface area contributed by atoms with Gasteiger partial charge < -0.3 is 0 Å². The molecule has 1 fully saturated rings.